The summed E-state index contributed by atoms with van der Waals surface area (Å²) in [4.78, 5) is 15.8. The van der Waals surface area contributed by atoms with Crippen LogP contribution in [0.25, 0.3) is 0 Å². The van der Waals surface area contributed by atoms with Gasteiger partial charge in [0, 0.05) is 23.3 Å². The van der Waals surface area contributed by atoms with Gasteiger partial charge in [-0.25, -0.2) is 9.67 Å². The third kappa shape index (κ3) is 4.11. The zero-order chi connectivity index (χ0) is 13.7. The fraction of sp³-hybridized carbons (Fsp3) is 0.273. The third-order valence-corrected chi connectivity index (χ3v) is 2.76. The molecule has 3 N–H and O–H groups in total. The Morgan fingerprint density at radius 1 is 1.47 bits per heavy atom. The van der Waals surface area contributed by atoms with Crippen LogP contribution in [0.2, 0.25) is 0 Å². The summed E-state index contributed by atoms with van der Waals surface area (Å²) in [6, 6.07) is 3.51. The molecule has 0 fully saturated rings. The minimum Gasteiger partial charge on any atom is -0.330 e. The van der Waals surface area contributed by atoms with Crippen LogP contribution < -0.4 is 11.1 Å². The van der Waals surface area contributed by atoms with Gasteiger partial charge in [0.25, 0.3) is 0 Å². The molecule has 0 radical (unpaired) electrons. The van der Waals surface area contributed by atoms with Crippen LogP contribution in [0.4, 0.5) is 5.82 Å². The van der Waals surface area contributed by atoms with Crippen molar-refractivity contribution in [2.75, 3.05) is 11.9 Å². The fourth-order valence-corrected chi connectivity index (χ4v) is 1.69. The van der Waals surface area contributed by atoms with Gasteiger partial charge in [-0.05, 0) is 34.6 Å². The highest BCUT2D eigenvalue weighted by atomic mass is 79.9. The summed E-state index contributed by atoms with van der Waals surface area (Å²) >= 11 is 3.28. The predicted octanol–water partition coefficient (Wildman–Crippen LogP) is 0.575. The van der Waals surface area contributed by atoms with E-state index in [1.807, 2.05) is 0 Å². The van der Waals surface area contributed by atoms with Crippen molar-refractivity contribution < 1.29 is 4.79 Å². The molecule has 2 rings (SSSR count). The van der Waals surface area contributed by atoms with Gasteiger partial charge < -0.3 is 11.1 Å². The minimum absolute atomic E-state index is 0.0926. The Hall–Kier alpha value is -1.80. The topological polar surface area (TPSA) is 98.7 Å². The summed E-state index contributed by atoms with van der Waals surface area (Å²) in [5, 5.41) is 10.4. The number of amides is 1. The molecule has 0 bridgehead atoms. The quantitative estimate of drug-likeness (QED) is 0.838. The monoisotopic (exact) mass is 324 g/mol. The van der Waals surface area contributed by atoms with Gasteiger partial charge in [-0.15, -0.1) is 5.10 Å². The first kappa shape index (κ1) is 13.6. The highest BCUT2D eigenvalue weighted by molar-refractivity contribution is 9.10. The second-order valence-electron chi connectivity index (χ2n) is 3.86. The van der Waals surface area contributed by atoms with Crippen LogP contribution in [-0.4, -0.2) is 32.4 Å². The van der Waals surface area contributed by atoms with Gasteiger partial charge in [-0.2, -0.15) is 0 Å². The van der Waals surface area contributed by atoms with E-state index in [-0.39, 0.29) is 12.5 Å². The van der Waals surface area contributed by atoms with Gasteiger partial charge in [-0.1, -0.05) is 5.21 Å². The number of pyridine rings is 1. The molecular weight excluding hydrogens is 312 g/mol. The van der Waals surface area contributed by atoms with E-state index in [4.69, 9.17) is 5.73 Å². The van der Waals surface area contributed by atoms with Gasteiger partial charge in [0.15, 0.2) is 0 Å². The molecule has 0 unspecified atom stereocenters. The number of anilines is 1. The number of rotatable bonds is 5. The van der Waals surface area contributed by atoms with Crippen LogP contribution in [-0.2, 0) is 17.8 Å². The predicted molar refractivity (Wildman–Crippen MR) is 73.3 cm³/mol. The van der Waals surface area contributed by atoms with Crippen molar-refractivity contribution in [1.29, 1.82) is 0 Å². The van der Waals surface area contributed by atoms with Crippen LogP contribution in [0.3, 0.4) is 0 Å². The maximum absolute atomic E-state index is 11.8. The average molecular weight is 325 g/mol. The van der Waals surface area contributed by atoms with Gasteiger partial charge >= 0.3 is 0 Å². The molecule has 100 valence electrons. The number of carbonyl (C=O) groups excluding carboxylic acids is 1. The Morgan fingerprint density at radius 2 is 2.32 bits per heavy atom. The van der Waals surface area contributed by atoms with Gasteiger partial charge in [0.05, 0.1) is 5.69 Å². The summed E-state index contributed by atoms with van der Waals surface area (Å²) < 4.78 is 2.33. The largest absolute Gasteiger partial charge is 0.330 e. The van der Waals surface area contributed by atoms with E-state index >= 15 is 0 Å². The molecule has 0 aliphatic heterocycles. The number of carbonyl (C=O) groups is 1. The maximum atomic E-state index is 11.8. The van der Waals surface area contributed by atoms with Crippen LogP contribution in [0.15, 0.2) is 29.0 Å². The smallest absolute Gasteiger partial charge is 0.247 e. The minimum atomic E-state index is -0.209. The zero-order valence-electron chi connectivity index (χ0n) is 10.1. The summed E-state index contributed by atoms with van der Waals surface area (Å²) in [7, 11) is 0. The molecule has 1 amide bonds. The normalized spacial score (nSPS) is 10.4. The van der Waals surface area contributed by atoms with E-state index in [2.05, 4.69) is 36.5 Å². The zero-order valence-corrected chi connectivity index (χ0v) is 11.7. The van der Waals surface area contributed by atoms with E-state index < -0.39 is 0 Å². The lowest BCUT2D eigenvalue weighted by Gasteiger charge is -2.03. The first-order valence-corrected chi connectivity index (χ1v) is 6.47. The van der Waals surface area contributed by atoms with Crippen molar-refractivity contribution in [2.24, 2.45) is 5.73 Å². The van der Waals surface area contributed by atoms with Crippen LogP contribution in [0.5, 0.6) is 0 Å². The fourth-order valence-electron chi connectivity index (χ4n) is 1.46. The van der Waals surface area contributed by atoms with Crippen molar-refractivity contribution in [3.05, 3.63) is 34.7 Å². The Morgan fingerprint density at radius 3 is 3.00 bits per heavy atom. The van der Waals surface area contributed by atoms with Crippen LogP contribution in [0.1, 0.15) is 5.69 Å². The van der Waals surface area contributed by atoms with Crippen molar-refractivity contribution in [3.63, 3.8) is 0 Å². The first-order chi connectivity index (χ1) is 9.17. The first-order valence-electron chi connectivity index (χ1n) is 5.68. The number of halogens is 1. The summed E-state index contributed by atoms with van der Waals surface area (Å²) in [5.74, 6) is 0.287. The molecule has 19 heavy (non-hydrogen) atoms. The van der Waals surface area contributed by atoms with E-state index in [0.29, 0.717) is 18.8 Å². The van der Waals surface area contributed by atoms with Crippen molar-refractivity contribution in [3.8, 4) is 0 Å². The maximum Gasteiger partial charge on any atom is 0.247 e. The van der Waals surface area contributed by atoms with Gasteiger partial charge in [0.1, 0.15) is 12.4 Å². The molecule has 2 aromatic heterocycles. The van der Waals surface area contributed by atoms with Crippen LogP contribution in [0, 0.1) is 0 Å². The molecule has 0 saturated heterocycles. The lowest BCUT2D eigenvalue weighted by molar-refractivity contribution is -0.116. The van der Waals surface area contributed by atoms with Crippen molar-refractivity contribution >= 4 is 27.7 Å². The molecule has 0 spiro atoms. The van der Waals surface area contributed by atoms with E-state index in [9.17, 15) is 4.79 Å². The number of nitrogens with two attached hydrogens (primary N) is 1. The molecule has 8 heteroatoms. The third-order valence-electron chi connectivity index (χ3n) is 2.29. The van der Waals surface area contributed by atoms with Gasteiger partial charge in [-0.3, -0.25) is 4.79 Å². The summed E-state index contributed by atoms with van der Waals surface area (Å²) in [6.45, 7) is 0.600. The number of nitrogens with zero attached hydrogens (tertiary/aromatic N) is 4. The Labute approximate surface area is 118 Å². The molecule has 0 aliphatic rings. The second kappa shape index (κ2) is 6.39. The van der Waals surface area contributed by atoms with Crippen molar-refractivity contribution in [1.82, 2.24) is 20.0 Å². The lowest BCUT2D eigenvalue weighted by Crippen LogP contribution is -2.19. The standard InChI is InChI=1S/C11H13BrN6O/c12-8-1-2-10(14-5-8)15-11(19)7-18-6-9(3-4-13)16-17-18/h1-2,5-6H,3-4,7,13H2,(H,14,15,19). The van der Waals surface area contributed by atoms with Crippen molar-refractivity contribution in [2.45, 2.75) is 13.0 Å². The van der Waals surface area contributed by atoms with Crippen LogP contribution >= 0.6 is 15.9 Å². The van der Waals surface area contributed by atoms with E-state index in [1.54, 1.807) is 24.5 Å². The molecule has 2 heterocycles. The number of nitrogens with one attached hydrogen (secondary N) is 1. The molecule has 0 atom stereocenters. The summed E-state index contributed by atoms with van der Waals surface area (Å²) in [6.07, 6.45) is 3.97. The molecular formula is C11H13BrN6O. The SMILES string of the molecule is NCCc1cn(CC(=O)Nc2ccc(Br)cn2)nn1. The van der Waals surface area contributed by atoms with Gasteiger partial charge in [0.2, 0.25) is 5.91 Å². The average Bonchev–Trinajstić information content (AvgIpc) is 2.80. The summed E-state index contributed by atoms with van der Waals surface area (Å²) in [5.41, 5.74) is 6.19. The molecule has 7 nitrogen and oxygen atoms in total. The highest BCUT2D eigenvalue weighted by Crippen LogP contribution is 2.10. The Balaban J connectivity index is 1.91. The van der Waals surface area contributed by atoms with E-state index in [0.717, 1.165) is 10.2 Å². The number of hydrogen-bond acceptors (Lipinski definition) is 5. The molecule has 0 saturated carbocycles. The highest BCUT2D eigenvalue weighted by Gasteiger charge is 2.06. The van der Waals surface area contributed by atoms with E-state index in [1.165, 1.54) is 4.68 Å². The molecule has 0 aromatic carbocycles. The molecule has 0 aliphatic carbocycles. The second-order valence-corrected chi connectivity index (χ2v) is 4.77. The Bertz CT molecular complexity index is 553. The number of aromatic nitrogens is 4. The number of hydrogen-bond donors (Lipinski definition) is 2. The lowest BCUT2D eigenvalue weighted by atomic mass is 10.3. The molecule has 2 aromatic rings. The Kier molecular flexibility index (Phi) is 4.58.